The smallest absolute Gasteiger partial charge is 0.338 e. The average molecular weight is 321 g/mol. The Kier molecular flexibility index (Phi) is 6.45. The third-order valence-corrected chi connectivity index (χ3v) is 3.00. The van der Waals surface area contributed by atoms with E-state index in [1.807, 2.05) is 12.1 Å². The molecule has 2 aromatic rings. The Morgan fingerprint density at radius 2 is 1.38 bits per heavy atom. The second-order valence-corrected chi connectivity index (χ2v) is 4.86. The van der Waals surface area contributed by atoms with Crippen molar-refractivity contribution in [3.05, 3.63) is 96.1 Å². The minimum absolute atomic E-state index is 0.0247. The van der Waals surface area contributed by atoms with Crippen molar-refractivity contribution in [2.75, 3.05) is 13.2 Å². The van der Waals surface area contributed by atoms with E-state index in [-0.39, 0.29) is 13.2 Å². The van der Waals surface area contributed by atoms with Crippen molar-refractivity contribution in [2.24, 2.45) is 0 Å². The zero-order chi connectivity index (χ0) is 17.2. The lowest BCUT2D eigenvalue weighted by Gasteiger charge is -2.01. The molecule has 2 rings (SSSR count). The molecule has 0 bridgehead atoms. The van der Waals surface area contributed by atoms with Gasteiger partial charge >= 0.3 is 11.9 Å². The van der Waals surface area contributed by atoms with Crippen molar-refractivity contribution < 1.29 is 19.1 Å². The van der Waals surface area contributed by atoms with Crippen molar-refractivity contribution in [1.82, 2.24) is 0 Å². The third kappa shape index (κ3) is 5.52. The summed E-state index contributed by atoms with van der Waals surface area (Å²) in [6.07, 6.45) is 4.35. The van der Waals surface area contributed by atoms with Gasteiger partial charge in [-0.1, -0.05) is 36.4 Å². The van der Waals surface area contributed by atoms with Crippen LogP contribution in [0.25, 0.3) is 0 Å². The van der Waals surface area contributed by atoms with Crippen molar-refractivity contribution in [2.45, 2.75) is 0 Å². The Labute approximate surface area is 141 Å². The maximum absolute atomic E-state index is 11.8. The van der Waals surface area contributed by atoms with Crippen LogP contribution in [0.1, 0.15) is 20.7 Å². The molecule has 0 amide bonds. The molecule has 0 aliphatic heterocycles. The molecule has 24 heavy (non-hydrogen) atoms. The van der Waals surface area contributed by atoms with E-state index >= 15 is 0 Å². The first kappa shape index (κ1) is 17.1. The van der Waals surface area contributed by atoms with E-state index in [1.54, 1.807) is 48.5 Å². The van der Waals surface area contributed by atoms with Gasteiger partial charge in [0.25, 0.3) is 0 Å². The van der Waals surface area contributed by atoms with Gasteiger partial charge in [0.1, 0.15) is 12.7 Å². The van der Waals surface area contributed by atoms with Crippen LogP contribution in [0.4, 0.5) is 0 Å². The molecule has 120 valence electrons. The van der Waals surface area contributed by atoms with Crippen LogP contribution in [0.3, 0.4) is 0 Å². The van der Waals surface area contributed by atoms with Crippen LogP contribution in [0.5, 0.6) is 0 Å². The summed E-state index contributed by atoms with van der Waals surface area (Å²) in [4.78, 5) is 23.5. The number of carbonyl (C=O) groups excluding carboxylic acids is 2. The molecule has 4 nitrogen and oxygen atoms in total. The summed E-state index contributed by atoms with van der Waals surface area (Å²) >= 11 is 0. The molecule has 0 radical (unpaired) electrons. The highest BCUT2D eigenvalue weighted by molar-refractivity contribution is 5.89. The van der Waals surface area contributed by atoms with Gasteiger partial charge in [0.2, 0.25) is 5.57 Å². The molecule has 4 heteroatoms. The molecule has 0 saturated carbocycles. The standard InChI is InChI=1S/C20H17O4/c1-16(15-24-20(22)18-12-6-3-7-13-18)9-8-14-23-19(21)17-10-4-2-5-11-17/h2-8,10-13H,1,14-15H2/q+1. The summed E-state index contributed by atoms with van der Waals surface area (Å²) in [5.41, 5.74) is 1.45. The van der Waals surface area contributed by atoms with E-state index in [0.29, 0.717) is 16.7 Å². The van der Waals surface area contributed by atoms with Gasteiger partial charge in [-0.05, 0) is 24.3 Å². The molecule has 2 aromatic carbocycles. The number of carbonyl (C=O) groups is 2. The fraction of sp³-hybridized carbons (Fsp3) is 0.100. The van der Waals surface area contributed by atoms with Crippen molar-refractivity contribution in [3.63, 3.8) is 0 Å². The lowest BCUT2D eigenvalue weighted by atomic mass is 10.2. The second kappa shape index (κ2) is 9.03. The fourth-order valence-corrected chi connectivity index (χ4v) is 1.81. The van der Waals surface area contributed by atoms with Gasteiger partial charge < -0.3 is 9.47 Å². The van der Waals surface area contributed by atoms with Crippen molar-refractivity contribution in [3.8, 4) is 0 Å². The SMILES string of the molecule is C=C([C+]=CCOC(=O)c1ccccc1)COC(=O)c1ccccc1. The number of hydrogen-bond acceptors (Lipinski definition) is 4. The first-order valence-electron chi connectivity index (χ1n) is 7.37. The van der Waals surface area contributed by atoms with Crippen LogP contribution < -0.4 is 0 Å². The lowest BCUT2D eigenvalue weighted by molar-refractivity contribution is 0.0540. The minimum atomic E-state index is -0.422. The molecule has 0 aliphatic carbocycles. The molecule has 0 aromatic heterocycles. The predicted molar refractivity (Wildman–Crippen MR) is 90.4 cm³/mol. The topological polar surface area (TPSA) is 52.6 Å². The van der Waals surface area contributed by atoms with Crippen LogP contribution in [0, 0.1) is 6.08 Å². The molecular weight excluding hydrogens is 304 g/mol. The van der Waals surface area contributed by atoms with Crippen LogP contribution in [-0.2, 0) is 9.47 Å². The summed E-state index contributed by atoms with van der Waals surface area (Å²) < 4.78 is 10.2. The van der Waals surface area contributed by atoms with Gasteiger partial charge in [0.15, 0.2) is 6.61 Å². The number of esters is 2. The van der Waals surface area contributed by atoms with E-state index in [9.17, 15) is 9.59 Å². The third-order valence-electron chi connectivity index (χ3n) is 3.00. The Morgan fingerprint density at radius 1 is 0.875 bits per heavy atom. The molecular formula is C20H17O4+. The fourth-order valence-electron chi connectivity index (χ4n) is 1.81. The molecule has 0 heterocycles. The molecule has 0 aliphatic rings. The minimum Gasteiger partial charge on any atom is -0.455 e. The van der Waals surface area contributed by atoms with Crippen LogP contribution in [0.15, 0.2) is 78.9 Å². The van der Waals surface area contributed by atoms with Crippen molar-refractivity contribution >= 4 is 11.9 Å². The van der Waals surface area contributed by atoms with Gasteiger partial charge in [-0.15, -0.1) is 0 Å². The monoisotopic (exact) mass is 321 g/mol. The molecule has 0 fully saturated rings. The predicted octanol–water partition coefficient (Wildman–Crippen LogP) is 3.62. The summed E-state index contributed by atoms with van der Waals surface area (Å²) in [7, 11) is 0. The van der Waals surface area contributed by atoms with E-state index in [0.717, 1.165) is 0 Å². The first-order valence-corrected chi connectivity index (χ1v) is 7.37. The average Bonchev–Trinajstić information content (AvgIpc) is 2.64. The Hall–Kier alpha value is -3.23. The summed E-state index contributed by atoms with van der Waals surface area (Å²) in [5, 5.41) is 0. The zero-order valence-corrected chi connectivity index (χ0v) is 13.1. The molecule has 0 saturated heterocycles. The molecule has 0 unspecified atom stereocenters. The van der Waals surface area contributed by atoms with Crippen LogP contribution in [0.2, 0.25) is 0 Å². The van der Waals surface area contributed by atoms with E-state index in [1.165, 1.54) is 6.08 Å². The maximum Gasteiger partial charge on any atom is 0.338 e. The molecule has 0 spiro atoms. The highest BCUT2D eigenvalue weighted by atomic mass is 16.5. The Balaban J connectivity index is 1.70. The summed E-state index contributed by atoms with van der Waals surface area (Å²) in [6.45, 7) is 3.83. The van der Waals surface area contributed by atoms with Crippen LogP contribution in [-0.4, -0.2) is 25.2 Å². The van der Waals surface area contributed by atoms with Crippen LogP contribution >= 0.6 is 0 Å². The van der Waals surface area contributed by atoms with Gasteiger partial charge in [0, 0.05) is 6.58 Å². The van der Waals surface area contributed by atoms with E-state index in [2.05, 4.69) is 12.7 Å². The largest absolute Gasteiger partial charge is 0.455 e. The number of ether oxygens (including phenoxy) is 2. The first-order chi connectivity index (χ1) is 11.7. The Morgan fingerprint density at radius 3 is 1.92 bits per heavy atom. The maximum atomic E-state index is 11.8. The summed E-state index contributed by atoms with van der Waals surface area (Å²) in [6, 6.07) is 17.4. The zero-order valence-electron chi connectivity index (χ0n) is 13.1. The lowest BCUT2D eigenvalue weighted by Crippen LogP contribution is -2.07. The van der Waals surface area contributed by atoms with E-state index < -0.39 is 11.9 Å². The second-order valence-electron chi connectivity index (χ2n) is 4.86. The van der Waals surface area contributed by atoms with Crippen molar-refractivity contribution in [1.29, 1.82) is 0 Å². The highest BCUT2D eigenvalue weighted by Crippen LogP contribution is 2.04. The molecule has 0 N–H and O–H groups in total. The Bertz CT molecular complexity index is 718. The number of hydrogen-bond donors (Lipinski definition) is 0. The summed E-state index contributed by atoms with van der Waals surface area (Å²) in [5.74, 6) is -0.830. The van der Waals surface area contributed by atoms with Gasteiger partial charge in [0.05, 0.1) is 17.2 Å². The van der Waals surface area contributed by atoms with Gasteiger partial charge in [-0.3, -0.25) is 0 Å². The quantitative estimate of drug-likeness (QED) is 0.444. The van der Waals surface area contributed by atoms with Gasteiger partial charge in [-0.2, -0.15) is 0 Å². The normalized spacial score (nSPS) is 10.0. The number of benzene rings is 2. The van der Waals surface area contributed by atoms with Gasteiger partial charge in [-0.25, -0.2) is 9.59 Å². The highest BCUT2D eigenvalue weighted by Gasteiger charge is 2.09. The molecule has 0 atom stereocenters. The van der Waals surface area contributed by atoms with E-state index in [4.69, 9.17) is 9.47 Å². The number of rotatable bonds is 7.